The van der Waals surface area contributed by atoms with Gasteiger partial charge in [0.1, 0.15) is 17.3 Å². The molecule has 29 heavy (non-hydrogen) atoms. The number of H-pyrrole nitrogens is 1. The van der Waals surface area contributed by atoms with E-state index in [1.54, 1.807) is 18.3 Å². The van der Waals surface area contributed by atoms with Crippen molar-refractivity contribution in [3.8, 4) is 5.75 Å². The number of aromatic amines is 1. The number of nitrogens with zero attached hydrogens (tertiary/aromatic N) is 2. The van der Waals surface area contributed by atoms with Gasteiger partial charge in [0.05, 0.1) is 11.1 Å². The molecule has 3 N–H and O–H groups in total. The fourth-order valence-corrected chi connectivity index (χ4v) is 3.32. The van der Waals surface area contributed by atoms with E-state index < -0.39 is 11.0 Å². The Balaban J connectivity index is 1.88. The zero-order valence-electron chi connectivity index (χ0n) is 15.7. The molecule has 0 saturated heterocycles. The number of hydrogen-bond donors (Lipinski definition) is 2. The Morgan fingerprint density at radius 3 is 2.69 bits per heavy atom. The Hall–Kier alpha value is -4.00. The first-order valence-electron chi connectivity index (χ1n) is 9.10. The van der Waals surface area contributed by atoms with Crippen molar-refractivity contribution in [3.05, 3.63) is 99.9 Å². The predicted molar refractivity (Wildman–Crippen MR) is 110 cm³/mol. The van der Waals surface area contributed by atoms with Gasteiger partial charge in [-0.05, 0) is 25.1 Å². The second-order valence-electron chi connectivity index (χ2n) is 6.73. The second kappa shape index (κ2) is 7.55. The lowest BCUT2D eigenvalue weighted by atomic mass is 9.95. The number of nitro benzene ring substituents is 1. The van der Waals surface area contributed by atoms with E-state index in [0.717, 1.165) is 11.1 Å². The van der Waals surface area contributed by atoms with Crippen molar-refractivity contribution in [2.75, 3.05) is 5.32 Å². The molecule has 0 aliphatic heterocycles. The lowest BCUT2D eigenvalue weighted by Gasteiger charge is -2.17. The molecule has 2 aromatic carbocycles. The molecule has 0 aliphatic rings. The molecule has 4 rings (SSSR count). The Kier molecular flexibility index (Phi) is 4.78. The van der Waals surface area contributed by atoms with Crippen molar-refractivity contribution >= 4 is 22.4 Å². The maximum atomic E-state index is 11.3. The van der Waals surface area contributed by atoms with Crippen molar-refractivity contribution in [2.24, 2.45) is 0 Å². The Labute approximate surface area is 166 Å². The Bertz CT molecular complexity index is 1200. The van der Waals surface area contributed by atoms with E-state index in [2.05, 4.69) is 15.3 Å². The van der Waals surface area contributed by atoms with Crippen LogP contribution in [0.1, 0.15) is 22.9 Å². The zero-order chi connectivity index (χ0) is 20.4. The highest BCUT2D eigenvalue weighted by Crippen LogP contribution is 2.37. The molecule has 1 atom stereocenters. The Morgan fingerprint density at radius 2 is 1.93 bits per heavy atom. The predicted octanol–water partition coefficient (Wildman–Crippen LogP) is 4.17. The standard InChI is InChI=1S/C22H18N4O3/c1-14-8-9-15-10-11-18(22(27)21(15)24-14)20(25-19-7-2-3-12-23-19)16-5-4-6-17(13-16)26(28)29/h2-13,20,27H,1H3,(H,23,25)/p+1/t20-/m0/s1. The fraction of sp³-hybridized carbons (Fsp3) is 0.0909. The van der Waals surface area contributed by atoms with Crippen LogP contribution in [-0.2, 0) is 0 Å². The van der Waals surface area contributed by atoms with E-state index in [0.29, 0.717) is 22.5 Å². The van der Waals surface area contributed by atoms with Crippen LogP contribution >= 0.6 is 0 Å². The lowest BCUT2D eigenvalue weighted by molar-refractivity contribution is -0.384. The third kappa shape index (κ3) is 3.70. The number of nitrogens with one attached hydrogen (secondary N) is 2. The molecule has 0 amide bonds. The van der Waals surface area contributed by atoms with Crippen LogP contribution in [0.4, 0.5) is 11.5 Å². The number of fused-ring (bicyclic) bond motifs is 1. The van der Waals surface area contributed by atoms with Gasteiger partial charge in [0.25, 0.3) is 11.5 Å². The molecule has 144 valence electrons. The van der Waals surface area contributed by atoms with Crippen molar-refractivity contribution in [3.63, 3.8) is 0 Å². The molecule has 7 nitrogen and oxygen atoms in total. The molecular formula is C22H19N4O3+. The van der Waals surface area contributed by atoms with E-state index >= 15 is 0 Å². The van der Waals surface area contributed by atoms with Crippen molar-refractivity contribution < 1.29 is 15.0 Å². The molecular weight excluding hydrogens is 368 g/mol. The summed E-state index contributed by atoms with van der Waals surface area (Å²) in [7, 11) is 0. The van der Waals surface area contributed by atoms with Crippen LogP contribution in [0.5, 0.6) is 5.75 Å². The molecule has 0 spiro atoms. The van der Waals surface area contributed by atoms with Gasteiger partial charge in [-0.1, -0.05) is 30.3 Å². The summed E-state index contributed by atoms with van der Waals surface area (Å²) >= 11 is 0. The van der Waals surface area contributed by atoms with Gasteiger partial charge in [0.2, 0.25) is 0 Å². The summed E-state index contributed by atoms with van der Waals surface area (Å²) < 4.78 is 0. The maximum absolute atomic E-state index is 11.3. The number of pyridine rings is 2. The molecule has 7 heteroatoms. The number of phenols is 1. The number of benzene rings is 2. The van der Waals surface area contributed by atoms with Gasteiger partial charge in [-0.25, -0.2) is 9.97 Å². The normalized spacial score (nSPS) is 11.9. The monoisotopic (exact) mass is 387 g/mol. The van der Waals surface area contributed by atoms with Gasteiger partial charge in [-0.3, -0.25) is 15.4 Å². The summed E-state index contributed by atoms with van der Waals surface area (Å²) in [6.45, 7) is 1.86. The summed E-state index contributed by atoms with van der Waals surface area (Å²) in [4.78, 5) is 18.4. The number of non-ortho nitro benzene ring substituents is 1. The van der Waals surface area contributed by atoms with Crippen molar-refractivity contribution in [2.45, 2.75) is 13.0 Å². The maximum Gasteiger partial charge on any atom is 0.272 e. The van der Waals surface area contributed by atoms with Crippen LogP contribution in [0, 0.1) is 17.0 Å². The first-order chi connectivity index (χ1) is 14.0. The van der Waals surface area contributed by atoms with E-state index in [9.17, 15) is 15.2 Å². The number of aromatic hydroxyl groups is 1. The fourth-order valence-electron chi connectivity index (χ4n) is 3.32. The summed E-state index contributed by atoms with van der Waals surface area (Å²) in [5.74, 6) is 0.756. The van der Waals surface area contributed by atoms with Crippen LogP contribution in [0.15, 0.2) is 72.9 Å². The molecule has 2 heterocycles. The Morgan fingerprint density at radius 1 is 1.10 bits per heavy atom. The molecule has 4 aromatic rings. The van der Waals surface area contributed by atoms with E-state index in [1.165, 1.54) is 12.1 Å². The first-order valence-corrected chi connectivity index (χ1v) is 9.10. The van der Waals surface area contributed by atoms with Gasteiger partial charge < -0.3 is 5.11 Å². The molecule has 2 aromatic heterocycles. The molecule has 0 aliphatic carbocycles. The highest BCUT2D eigenvalue weighted by Gasteiger charge is 2.25. The smallest absolute Gasteiger partial charge is 0.272 e. The van der Waals surface area contributed by atoms with E-state index in [1.807, 2.05) is 49.4 Å². The average Bonchev–Trinajstić information content (AvgIpc) is 2.74. The van der Waals surface area contributed by atoms with Gasteiger partial charge in [0, 0.05) is 40.4 Å². The topological polar surface area (TPSA) is 102 Å². The lowest BCUT2D eigenvalue weighted by Crippen LogP contribution is -2.19. The summed E-state index contributed by atoms with van der Waals surface area (Å²) in [6.07, 6.45) is 1.78. The summed E-state index contributed by atoms with van der Waals surface area (Å²) in [6, 6.07) is 18.9. The van der Waals surface area contributed by atoms with Crippen LogP contribution in [-0.4, -0.2) is 15.0 Å². The molecule has 0 saturated carbocycles. The number of hydrogen-bond acceptors (Lipinski definition) is 5. The number of anilines is 1. The third-order valence-electron chi connectivity index (χ3n) is 4.74. The average molecular weight is 387 g/mol. The molecule has 0 radical (unpaired) electrons. The number of nitro groups is 1. The van der Waals surface area contributed by atoms with Crippen molar-refractivity contribution in [1.29, 1.82) is 0 Å². The van der Waals surface area contributed by atoms with Crippen LogP contribution in [0.25, 0.3) is 10.9 Å². The minimum Gasteiger partial charge on any atom is -0.505 e. The van der Waals surface area contributed by atoms with Crippen LogP contribution in [0.2, 0.25) is 0 Å². The summed E-state index contributed by atoms with van der Waals surface area (Å²) in [5.41, 5.74) is 2.51. The van der Waals surface area contributed by atoms with E-state index in [-0.39, 0.29) is 11.4 Å². The SMILES string of the molecule is Cc1ccc2ccc([C@@H](Nc3cccc[nH+]3)c3cccc([N+](=O)[O-])c3)c(O)c2n1. The zero-order valence-corrected chi connectivity index (χ0v) is 15.7. The van der Waals surface area contributed by atoms with E-state index in [4.69, 9.17) is 0 Å². The number of rotatable bonds is 5. The van der Waals surface area contributed by atoms with Crippen LogP contribution in [0.3, 0.4) is 0 Å². The quantitative estimate of drug-likeness (QED) is 0.395. The van der Waals surface area contributed by atoms with Gasteiger partial charge in [-0.15, -0.1) is 0 Å². The number of phenolic OH excluding ortho intramolecular Hbond substituents is 1. The third-order valence-corrected chi connectivity index (χ3v) is 4.74. The van der Waals surface area contributed by atoms with Crippen molar-refractivity contribution in [1.82, 2.24) is 4.98 Å². The van der Waals surface area contributed by atoms with Gasteiger partial charge >= 0.3 is 0 Å². The highest BCUT2D eigenvalue weighted by molar-refractivity contribution is 5.86. The minimum absolute atomic E-state index is 0.0133. The first kappa shape index (κ1) is 18.4. The van der Waals surface area contributed by atoms with Gasteiger partial charge in [0.15, 0.2) is 0 Å². The minimum atomic E-state index is -0.528. The largest absolute Gasteiger partial charge is 0.505 e. The molecule has 0 fully saturated rings. The second-order valence-corrected chi connectivity index (χ2v) is 6.73. The van der Waals surface area contributed by atoms with Crippen LogP contribution < -0.4 is 10.3 Å². The number of aromatic nitrogens is 2. The van der Waals surface area contributed by atoms with Gasteiger partial charge in [-0.2, -0.15) is 0 Å². The molecule has 0 unspecified atom stereocenters. The number of aryl methyl sites for hydroxylation is 1. The summed E-state index contributed by atoms with van der Waals surface area (Å²) in [5, 5.41) is 26.4. The highest BCUT2D eigenvalue weighted by atomic mass is 16.6. The molecule has 0 bridgehead atoms.